The van der Waals surface area contributed by atoms with Crippen LogP contribution < -0.4 is 15.5 Å². The van der Waals surface area contributed by atoms with E-state index < -0.39 is 0 Å². The molecule has 2 rings (SSSR count). The Labute approximate surface area is 71.0 Å². The quantitative estimate of drug-likeness (QED) is 0.635. The molecule has 1 aliphatic rings. The highest BCUT2D eigenvalue weighted by molar-refractivity contribution is 5.52. The van der Waals surface area contributed by atoms with E-state index in [0.29, 0.717) is 5.75 Å². The minimum absolute atomic E-state index is 0.633. The number of fused-ring (bicyclic) bond motifs is 1. The van der Waals surface area contributed by atoms with E-state index in [1.54, 1.807) is 0 Å². The predicted molar refractivity (Wildman–Crippen MR) is 45.2 cm³/mol. The summed E-state index contributed by atoms with van der Waals surface area (Å²) in [5, 5.41) is 0. The van der Waals surface area contributed by atoms with Gasteiger partial charge in [-0.05, 0) is 18.6 Å². The lowest BCUT2D eigenvalue weighted by atomic mass is 10.1. The summed E-state index contributed by atoms with van der Waals surface area (Å²) >= 11 is 0. The summed E-state index contributed by atoms with van der Waals surface area (Å²) in [5.41, 5.74) is 2.46. The first-order valence-corrected chi connectivity index (χ1v) is 3.95. The maximum atomic E-state index is 5.40. The normalized spacial score (nSPS) is 13.8. The number of ether oxygens (including phenoxy) is 1. The average Bonchev–Trinajstić information content (AvgIpc) is 2.54. The largest absolute Gasteiger partial charge is 0.489 e. The van der Waals surface area contributed by atoms with Crippen LogP contribution in [0.1, 0.15) is 11.1 Å². The molecule has 1 heterocycles. The minimum atomic E-state index is 0.633. The van der Waals surface area contributed by atoms with Crippen molar-refractivity contribution in [3.8, 4) is 11.5 Å². The fourth-order valence-corrected chi connectivity index (χ4v) is 1.52. The van der Waals surface area contributed by atoms with Crippen molar-refractivity contribution in [2.75, 3.05) is 6.61 Å². The van der Waals surface area contributed by atoms with Crippen LogP contribution in [0.15, 0.2) is 12.1 Å². The van der Waals surface area contributed by atoms with Gasteiger partial charge in [0.05, 0.1) is 6.61 Å². The maximum Gasteiger partial charge on any atom is 0.188 e. The number of rotatable bonds is 1. The van der Waals surface area contributed by atoms with Crippen LogP contribution in [-0.4, -0.2) is 6.61 Å². The van der Waals surface area contributed by atoms with Crippen LogP contribution in [0.5, 0.6) is 11.5 Å². The summed E-state index contributed by atoms with van der Waals surface area (Å²) in [6.45, 7) is 2.80. The molecule has 0 amide bonds. The Hall–Kier alpha value is -1.22. The molecular formula is C9H11NO2. The third kappa shape index (κ3) is 0.940. The van der Waals surface area contributed by atoms with Gasteiger partial charge < -0.3 is 9.57 Å². The molecule has 1 aromatic rings. The van der Waals surface area contributed by atoms with Crippen LogP contribution in [0.4, 0.5) is 0 Å². The summed E-state index contributed by atoms with van der Waals surface area (Å²) < 4.78 is 5.40. The Morgan fingerprint density at radius 1 is 1.50 bits per heavy atom. The highest BCUT2D eigenvalue weighted by Gasteiger charge is 2.18. The van der Waals surface area contributed by atoms with Crippen molar-refractivity contribution in [1.29, 1.82) is 0 Å². The Bertz CT molecular complexity index is 310. The molecule has 0 aromatic heterocycles. The van der Waals surface area contributed by atoms with Gasteiger partial charge in [-0.1, -0.05) is 6.07 Å². The molecule has 12 heavy (non-hydrogen) atoms. The van der Waals surface area contributed by atoms with Crippen molar-refractivity contribution in [3.05, 3.63) is 23.3 Å². The second kappa shape index (κ2) is 2.68. The second-order valence-corrected chi connectivity index (χ2v) is 2.90. The third-order valence-electron chi connectivity index (χ3n) is 2.18. The fourth-order valence-electron chi connectivity index (χ4n) is 1.52. The molecular weight excluding hydrogens is 154 g/mol. The average molecular weight is 165 g/mol. The monoisotopic (exact) mass is 165 g/mol. The van der Waals surface area contributed by atoms with E-state index >= 15 is 0 Å². The molecule has 0 spiro atoms. The molecule has 1 aliphatic heterocycles. The molecule has 3 nitrogen and oxygen atoms in total. The molecule has 2 N–H and O–H groups in total. The molecule has 64 valence electrons. The van der Waals surface area contributed by atoms with Gasteiger partial charge in [0.2, 0.25) is 0 Å². The van der Waals surface area contributed by atoms with Gasteiger partial charge in [0, 0.05) is 12.0 Å². The zero-order valence-electron chi connectivity index (χ0n) is 6.96. The summed E-state index contributed by atoms with van der Waals surface area (Å²) in [6, 6.07) is 3.83. The fraction of sp³-hybridized carbons (Fsp3) is 0.333. The Kier molecular flexibility index (Phi) is 1.66. The number of benzene rings is 1. The van der Waals surface area contributed by atoms with Crippen LogP contribution in [0, 0.1) is 6.92 Å². The van der Waals surface area contributed by atoms with E-state index in [0.717, 1.165) is 18.8 Å². The Morgan fingerprint density at radius 2 is 2.33 bits per heavy atom. The molecule has 3 heteroatoms. The smallest absolute Gasteiger partial charge is 0.188 e. The van der Waals surface area contributed by atoms with Crippen LogP contribution in [0.2, 0.25) is 0 Å². The Balaban J connectivity index is 2.57. The summed E-state index contributed by atoms with van der Waals surface area (Å²) in [4.78, 5) is 4.69. The molecule has 0 saturated carbocycles. The summed E-state index contributed by atoms with van der Waals surface area (Å²) in [5.74, 6) is 6.54. The summed E-state index contributed by atoms with van der Waals surface area (Å²) in [7, 11) is 0. The van der Waals surface area contributed by atoms with Crippen LogP contribution >= 0.6 is 0 Å². The molecule has 0 saturated heterocycles. The topological polar surface area (TPSA) is 44.5 Å². The highest BCUT2D eigenvalue weighted by Crippen LogP contribution is 2.36. The van der Waals surface area contributed by atoms with Gasteiger partial charge in [-0.15, -0.1) is 0 Å². The van der Waals surface area contributed by atoms with Crippen LogP contribution in [-0.2, 0) is 6.42 Å². The number of hydrogen-bond donors (Lipinski definition) is 1. The van der Waals surface area contributed by atoms with Gasteiger partial charge in [0.25, 0.3) is 0 Å². The van der Waals surface area contributed by atoms with E-state index in [4.69, 9.17) is 10.6 Å². The highest BCUT2D eigenvalue weighted by atomic mass is 16.6. The Morgan fingerprint density at radius 3 is 3.08 bits per heavy atom. The first kappa shape index (κ1) is 7.43. The van der Waals surface area contributed by atoms with Gasteiger partial charge in [-0.25, -0.2) is 0 Å². The van der Waals surface area contributed by atoms with Crippen molar-refractivity contribution in [2.24, 2.45) is 5.90 Å². The van der Waals surface area contributed by atoms with Crippen molar-refractivity contribution in [1.82, 2.24) is 0 Å². The molecule has 0 radical (unpaired) electrons. The van der Waals surface area contributed by atoms with Crippen molar-refractivity contribution in [2.45, 2.75) is 13.3 Å². The van der Waals surface area contributed by atoms with E-state index in [-0.39, 0.29) is 0 Å². The first-order valence-electron chi connectivity index (χ1n) is 3.95. The van der Waals surface area contributed by atoms with Crippen LogP contribution in [0.25, 0.3) is 0 Å². The van der Waals surface area contributed by atoms with Crippen molar-refractivity contribution < 1.29 is 9.57 Å². The van der Waals surface area contributed by atoms with E-state index in [1.165, 1.54) is 11.1 Å². The van der Waals surface area contributed by atoms with Crippen molar-refractivity contribution >= 4 is 0 Å². The molecule has 0 aliphatic carbocycles. The molecule has 1 aromatic carbocycles. The second-order valence-electron chi connectivity index (χ2n) is 2.90. The third-order valence-corrected chi connectivity index (χ3v) is 2.18. The lowest BCUT2D eigenvalue weighted by Gasteiger charge is -2.06. The van der Waals surface area contributed by atoms with Gasteiger partial charge in [0.15, 0.2) is 11.5 Å². The predicted octanol–water partition coefficient (Wildman–Crippen LogP) is 1.18. The van der Waals surface area contributed by atoms with E-state index in [9.17, 15) is 0 Å². The first-order chi connectivity index (χ1) is 5.83. The molecule has 0 fully saturated rings. The van der Waals surface area contributed by atoms with Crippen molar-refractivity contribution in [3.63, 3.8) is 0 Å². The number of nitrogens with two attached hydrogens (primary N) is 1. The number of aryl methyl sites for hydroxylation is 1. The molecule has 0 bridgehead atoms. The van der Waals surface area contributed by atoms with Gasteiger partial charge >= 0.3 is 0 Å². The lowest BCUT2D eigenvalue weighted by Crippen LogP contribution is -2.03. The maximum absolute atomic E-state index is 5.40. The van der Waals surface area contributed by atoms with Crippen LogP contribution in [0.3, 0.4) is 0 Å². The summed E-state index contributed by atoms with van der Waals surface area (Å²) in [6.07, 6.45) is 0.957. The number of hydrogen-bond acceptors (Lipinski definition) is 3. The lowest BCUT2D eigenvalue weighted by molar-refractivity contribution is 0.294. The molecule has 0 atom stereocenters. The minimum Gasteiger partial charge on any atom is -0.489 e. The zero-order valence-corrected chi connectivity index (χ0v) is 6.96. The van der Waals surface area contributed by atoms with Gasteiger partial charge in [0.1, 0.15) is 0 Å². The zero-order chi connectivity index (χ0) is 8.55. The van der Waals surface area contributed by atoms with Gasteiger partial charge in [-0.2, -0.15) is 5.90 Å². The standard InChI is InChI=1S/C9H11NO2/c1-6-2-3-8(12-10)9-7(6)4-5-11-9/h2-3H,4-5,10H2,1H3. The van der Waals surface area contributed by atoms with Gasteiger partial charge in [-0.3, -0.25) is 0 Å². The van der Waals surface area contributed by atoms with E-state index in [2.05, 4.69) is 11.8 Å². The van der Waals surface area contributed by atoms with E-state index in [1.807, 2.05) is 12.1 Å². The SMILES string of the molecule is Cc1ccc(ON)c2c1CCO2. The molecule has 0 unspecified atom stereocenters.